The van der Waals surface area contributed by atoms with Crippen LogP contribution < -0.4 is 0 Å². The highest BCUT2D eigenvalue weighted by Gasteiger charge is 2.45. The Morgan fingerprint density at radius 1 is 1.05 bits per heavy atom. The van der Waals surface area contributed by atoms with Gasteiger partial charge in [0.2, 0.25) is 10.0 Å². The van der Waals surface area contributed by atoms with Gasteiger partial charge in [0.1, 0.15) is 0 Å². The first-order valence-corrected chi connectivity index (χ1v) is 10.1. The van der Waals surface area contributed by atoms with E-state index in [-0.39, 0.29) is 6.85 Å². The smallest absolute Gasteiger partial charge is 0.279 e. The van der Waals surface area contributed by atoms with E-state index in [2.05, 4.69) is 0 Å². The first-order chi connectivity index (χ1) is 10.6. The Kier molecular flexibility index (Phi) is 4.62. The summed E-state index contributed by atoms with van der Waals surface area (Å²) < 4.78 is 26.4. The van der Waals surface area contributed by atoms with E-state index in [0.717, 1.165) is 5.56 Å². The molecule has 2 bridgehead atoms. The Hall–Kier alpha value is -1.23. The van der Waals surface area contributed by atoms with E-state index in [0.29, 0.717) is 11.6 Å². The van der Waals surface area contributed by atoms with Crippen LogP contribution in [-0.2, 0) is 10.0 Å². The van der Waals surface area contributed by atoms with E-state index >= 15 is 0 Å². The maximum Gasteiger partial charge on any atom is 0.279 e. The molecule has 0 aliphatic carbocycles. The van der Waals surface area contributed by atoms with Crippen LogP contribution in [0.4, 0.5) is 0 Å². The summed E-state index contributed by atoms with van der Waals surface area (Å²) in [6, 6.07) is 9.91. The topological polar surface area (TPSA) is 37.4 Å². The minimum atomic E-state index is -3.23. The molecule has 0 atom stereocenters. The van der Waals surface area contributed by atoms with Crippen molar-refractivity contribution in [3.05, 3.63) is 42.1 Å². The molecule has 2 aliphatic heterocycles. The number of rotatable bonds is 4. The molecule has 1 aromatic carbocycles. The van der Waals surface area contributed by atoms with Gasteiger partial charge in [-0.2, -0.15) is 0 Å². The molecule has 0 radical (unpaired) electrons. The number of sulfonamides is 1. The van der Waals surface area contributed by atoms with E-state index in [1.165, 1.54) is 44.8 Å². The summed E-state index contributed by atoms with van der Waals surface area (Å²) >= 11 is 0. The van der Waals surface area contributed by atoms with Gasteiger partial charge in [-0.3, -0.25) is 0 Å². The number of hydrogen-bond acceptors (Lipinski definition) is 2. The van der Waals surface area contributed by atoms with Gasteiger partial charge in [0.15, 0.2) is 0 Å². The Balaban J connectivity index is 1.89. The van der Waals surface area contributed by atoms with Crippen LogP contribution >= 0.6 is 0 Å². The minimum absolute atomic E-state index is 0.164. The summed E-state index contributed by atoms with van der Waals surface area (Å²) in [5.74, 6) is 1.06. The molecule has 2 heterocycles. The van der Waals surface area contributed by atoms with Gasteiger partial charge in [0, 0.05) is 6.20 Å². The molecule has 5 heteroatoms. The molecule has 3 rings (SSSR count). The first-order valence-electron chi connectivity index (χ1n) is 8.27. The number of benzene rings is 1. The fourth-order valence-electron chi connectivity index (χ4n) is 4.21. The largest absolute Gasteiger partial charge is 0.322 e. The first kappa shape index (κ1) is 15.7. The molecule has 3 nitrogen and oxygen atoms in total. The maximum atomic E-state index is 12.4. The quantitative estimate of drug-likeness (QED) is 0.787. The second-order valence-corrected chi connectivity index (χ2v) is 8.58. The monoisotopic (exact) mass is 317 g/mol. The van der Waals surface area contributed by atoms with E-state index in [1.807, 2.05) is 36.4 Å². The fraction of sp³-hybridized carbons (Fsp3) is 0.529. The Morgan fingerprint density at radius 3 is 2.09 bits per heavy atom. The lowest BCUT2D eigenvalue weighted by molar-refractivity contribution is 0.422. The SMILES string of the molecule is CS(=O)(=O)N(/C=C/c1ccccc1)B1C2CCCC1CCC2. The number of nitrogens with zero attached hydrogens (tertiary/aromatic N) is 1. The summed E-state index contributed by atoms with van der Waals surface area (Å²) in [4.78, 5) is 0. The minimum Gasteiger partial charge on any atom is -0.322 e. The van der Waals surface area contributed by atoms with E-state index in [1.54, 1.807) is 10.4 Å². The number of fused-ring (bicyclic) bond motifs is 2. The highest BCUT2D eigenvalue weighted by atomic mass is 32.2. The molecule has 118 valence electrons. The molecule has 1 aromatic rings. The second kappa shape index (κ2) is 6.49. The lowest BCUT2D eigenvalue weighted by Gasteiger charge is -2.44. The van der Waals surface area contributed by atoms with Gasteiger partial charge in [-0.05, 0) is 23.3 Å². The van der Waals surface area contributed by atoms with Gasteiger partial charge in [0.25, 0.3) is 6.85 Å². The van der Waals surface area contributed by atoms with Crippen molar-refractivity contribution in [1.29, 1.82) is 0 Å². The normalized spacial score (nSPS) is 25.4. The van der Waals surface area contributed by atoms with Crippen molar-refractivity contribution < 1.29 is 8.42 Å². The Morgan fingerprint density at radius 2 is 1.59 bits per heavy atom. The van der Waals surface area contributed by atoms with E-state index < -0.39 is 10.0 Å². The van der Waals surface area contributed by atoms with Crippen LogP contribution in [0.25, 0.3) is 6.08 Å². The molecule has 2 fully saturated rings. The van der Waals surface area contributed by atoms with Crippen LogP contribution in [0.5, 0.6) is 0 Å². The van der Waals surface area contributed by atoms with Gasteiger partial charge in [-0.15, -0.1) is 0 Å². The molecule has 2 saturated heterocycles. The molecule has 0 saturated carbocycles. The van der Waals surface area contributed by atoms with Gasteiger partial charge in [0.05, 0.1) is 6.26 Å². The molecular weight excluding hydrogens is 293 g/mol. The molecule has 0 aromatic heterocycles. The Labute approximate surface area is 134 Å². The predicted octanol–water partition coefficient (Wildman–Crippen LogP) is 4.02. The van der Waals surface area contributed by atoms with Crippen LogP contribution in [0.1, 0.15) is 44.1 Å². The summed E-state index contributed by atoms with van der Waals surface area (Å²) in [6.45, 7) is 0.164. The lowest BCUT2D eigenvalue weighted by Crippen LogP contribution is -2.49. The third kappa shape index (κ3) is 3.40. The highest BCUT2D eigenvalue weighted by molar-refractivity contribution is 7.89. The maximum absolute atomic E-state index is 12.4. The lowest BCUT2D eigenvalue weighted by atomic mass is 9.34. The molecule has 2 aliphatic rings. The van der Waals surface area contributed by atoms with Gasteiger partial charge in [-0.1, -0.05) is 68.9 Å². The molecule has 0 amide bonds. The van der Waals surface area contributed by atoms with Crippen molar-refractivity contribution in [2.75, 3.05) is 6.26 Å². The zero-order chi connectivity index (χ0) is 15.6. The zero-order valence-electron chi connectivity index (χ0n) is 13.2. The van der Waals surface area contributed by atoms with Crippen molar-refractivity contribution in [2.45, 2.75) is 50.2 Å². The fourth-order valence-corrected chi connectivity index (χ4v) is 5.28. The van der Waals surface area contributed by atoms with Gasteiger partial charge < -0.3 is 4.22 Å². The summed E-state index contributed by atoms with van der Waals surface area (Å²) in [5.41, 5.74) is 1.04. The predicted molar refractivity (Wildman–Crippen MR) is 93.1 cm³/mol. The summed E-state index contributed by atoms with van der Waals surface area (Å²) in [5, 5.41) is 0. The molecule has 0 N–H and O–H groups in total. The standard InChI is InChI=1S/C17H24BNO2S/c1-22(20,21)19(14-13-15-7-3-2-4-8-15)18-16-9-5-10-17(18)12-6-11-16/h2-4,7-8,13-14,16-17H,5-6,9-12H2,1H3/b14-13+. The molecule has 0 unspecified atom stereocenters. The average Bonchev–Trinajstić information content (AvgIpc) is 2.47. The van der Waals surface area contributed by atoms with Crippen LogP contribution in [0.15, 0.2) is 36.5 Å². The van der Waals surface area contributed by atoms with Crippen molar-refractivity contribution in [3.8, 4) is 0 Å². The second-order valence-electron chi connectivity index (χ2n) is 6.69. The van der Waals surface area contributed by atoms with Crippen LogP contribution in [-0.4, -0.2) is 25.7 Å². The highest BCUT2D eigenvalue weighted by Crippen LogP contribution is 2.48. The molecular formula is C17H24BNO2S. The number of hydrogen-bond donors (Lipinski definition) is 0. The van der Waals surface area contributed by atoms with Crippen molar-refractivity contribution >= 4 is 22.9 Å². The van der Waals surface area contributed by atoms with Crippen LogP contribution in [0.2, 0.25) is 11.6 Å². The third-order valence-electron chi connectivity index (χ3n) is 5.16. The van der Waals surface area contributed by atoms with Crippen LogP contribution in [0, 0.1) is 0 Å². The van der Waals surface area contributed by atoms with Crippen molar-refractivity contribution in [2.24, 2.45) is 0 Å². The van der Waals surface area contributed by atoms with Gasteiger partial charge >= 0.3 is 0 Å². The van der Waals surface area contributed by atoms with Crippen molar-refractivity contribution in [3.63, 3.8) is 0 Å². The molecule has 0 spiro atoms. The third-order valence-corrected chi connectivity index (χ3v) is 6.29. The van der Waals surface area contributed by atoms with Crippen molar-refractivity contribution in [1.82, 2.24) is 4.22 Å². The van der Waals surface area contributed by atoms with Crippen LogP contribution in [0.3, 0.4) is 0 Å². The molecule has 22 heavy (non-hydrogen) atoms. The Bertz CT molecular complexity index is 607. The zero-order valence-corrected chi connectivity index (χ0v) is 14.0. The summed E-state index contributed by atoms with van der Waals surface area (Å²) in [7, 11) is -3.23. The van der Waals surface area contributed by atoms with Gasteiger partial charge in [-0.25, -0.2) is 8.42 Å². The van der Waals surface area contributed by atoms with E-state index in [9.17, 15) is 8.42 Å². The summed E-state index contributed by atoms with van der Waals surface area (Å²) in [6.07, 6.45) is 12.3. The van der Waals surface area contributed by atoms with E-state index in [4.69, 9.17) is 0 Å². The average molecular weight is 317 g/mol.